The van der Waals surface area contributed by atoms with Crippen LogP contribution in [0.2, 0.25) is 0 Å². The zero-order chi connectivity index (χ0) is 13.5. The third kappa shape index (κ3) is 4.29. The average Bonchev–Trinajstić information content (AvgIpc) is 2.31. The number of benzene rings is 1. The molecule has 0 aliphatic rings. The van der Waals surface area contributed by atoms with Crippen LogP contribution in [-0.4, -0.2) is 24.1 Å². The smallest absolute Gasteiger partial charge is 0.362 e. The number of esters is 1. The Kier molecular flexibility index (Phi) is 5.51. The maximum Gasteiger partial charge on any atom is 0.362 e. The Labute approximate surface area is 113 Å². The quantitative estimate of drug-likeness (QED) is 0.392. The van der Waals surface area contributed by atoms with Crippen molar-refractivity contribution in [2.75, 3.05) is 12.0 Å². The second kappa shape index (κ2) is 6.90. The van der Waals surface area contributed by atoms with Gasteiger partial charge in [-0.1, -0.05) is 15.9 Å². The summed E-state index contributed by atoms with van der Waals surface area (Å²) in [4.78, 5) is 22.7. The highest BCUT2D eigenvalue weighted by Crippen LogP contribution is 2.13. The monoisotopic (exact) mass is 312 g/mol. The van der Waals surface area contributed by atoms with Crippen LogP contribution in [0.1, 0.15) is 13.8 Å². The van der Waals surface area contributed by atoms with Crippen molar-refractivity contribution < 1.29 is 14.3 Å². The third-order valence-corrected chi connectivity index (χ3v) is 2.47. The zero-order valence-electron chi connectivity index (χ0n) is 10.1. The van der Waals surface area contributed by atoms with E-state index in [0.717, 1.165) is 4.47 Å². The summed E-state index contributed by atoms with van der Waals surface area (Å²) in [6.07, 6.45) is 0. The van der Waals surface area contributed by atoms with Crippen LogP contribution < -0.4 is 5.43 Å². The van der Waals surface area contributed by atoms with E-state index in [-0.39, 0.29) is 12.3 Å². The molecule has 0 saturated carbocycles. The van der Waals surface area contributed by atoms with Gasteiger partial charge in [0.2, 0.25) is 5.71 Å². The van der Waals surface area contributed by atoms with Crippen LogP contribution >= 0.6 is 15.9 Å². The summed E-state index contributed by atoms with van der Waals surface area (Å²) >= 11 is 3.30. The van der Waals surface area contributed by atoms with E-state index in [9.17, 15) is 9.59 Å². The van der Waals surface area contributed by atoms with Gasteiger partial charge in [-0.05, 0) is 31.2 Å². The lowest BCUT2D eigenvalue weighted by Gasteiger charge is -2.04. The first kappa shape index (κ1) is 14.4. The molecule has 0 aliphatic heterocycles. The molecule has 0 spiro atoms. The molecule has 6 heteroatoms. The molecule has 5 nitrogen and oxygen atoms in total. The van der Waals surface area contributed by atoms with E-state index in [2.05, 4.69) is 26.5 Å². The molecule has 1 aromatic rings. The molecule has 0 unspecified atom stereocenters. The van der Waals surface area contributed by atoms with Gasteiger partial charge in [-0.3, -0.25) is 10.2 Å². The van der Waals surface area contributed by atoms with Gasteiger partial charge in [0.1, 0.15) is 0 Å². The maximum atomic E-state index is 11.4. The van der Waals surface area contributed by atoms with Gasteiger partial charge < -0.3 is 4.74 Å². The lowest BCUT2D eigenvalue weighted by molar-refractivity contribution is -0.135. The highest BCUT2D eigenvalue weighted by Gasteiger charge is 2.17. The summed E-state index contributed by atoms with van der Waals surface area (Å²) in [6.45, 7) is 3.13. The number of rotatable bonds is 5. The van der Waals surface area contributed by atoms with Crippen LogP contribution in [0.5, 0.6) is 0 Å². The molecule has 0 saturated heterocycles. The largest absolute Gasteiger partial charge is 0.461 e. The normalized spacial score (nSPS) is 10.9. The van der Waals surface area contributed by atoms with Crippen molar-refractivity contribution >= 4 is 39.1 Å². The number of hydrogen-bond donors (Lipinski definition) is 1. The molecule has 1 aromatic carbocycles. The van der Waals surface area contributed by atoms with Gasteiger partial charge in [0.15, 0.2) is 5.78 Å². The van der Waals surface area contributed by atoms with E-state index in [0.29, 0.717) is 5.69 Å². The van der Waals surface area contributed by atoms with Crippen molar-refractivity contribution in [3.8, 4) is 0 Å². The molecule has 1 N–H and O–H groups in total. The summed E-state index contributed by atoms with van der Waals surface area (Å²) in [5.74, 6) is -1.17. The predicted molar refractivity (Wildman–Crippen MR) is 72.5 cm³/mol. The maximum absolute atomic E-state index is 11.4. The number of hydrogen-bond acceptors (Lipinski definition) is 5. The Morgan fingerprint density at radius 1 is 1.33 bits per heavy atom. The zero-order valence-corrected chi connectivity index (χ0v) is 11.7. The van der Waals surface area contributed by atoms with E-state index in [1.54, 1.807) is 19.1 Å². The predicted octanol–water partition coefficient (Wildman–Crippen LogP) is 2.37. The van der Waals surface area contributed by atoms with Crippen molar-refractivity contribution in [3.63, 3.8) is 0 Å². The van der Waals surface area contributed by atoms with Crippen LogP contribution in [0, 0.1) is 0 Å². The lowest BCUT2D eigenvalue weighted by Crippen LogP contribution is -2.25. The number of Topliss-reactive ketones (excluding diaryl/α,β-unsaturated/α-hetero) is 1. The Hall–Kier alpha value is -1.69. The minimum atomic E-state index is -0.727. The van der Waals surface area contributed by atoms with Gasteiger partial charge in [-0.15, -0.1) is 0 Å². The molecular weight excluding hydrogens is 300 g/mol. The number of ether oxygens (including phenoxy) is 1. The fraction of sp³-hybridized carbons (Fsp3) is 0.250. The first-order valence-electron chi connectivity index (χ1n) is 5.32. The number of anilines is 1. The number of carbonyl (C=O) groups excluding carboxylic acids is 2. The topological polar surface area (TPSA) is 67.8 Å². The lowest BCUT2D eigenvalue weighted by atomic mass is 10.3. The van der Waals surface area contributed by atoms with Gasteiger partial charge in [0.05, 0.1) is 12.3 Å². The van der Waals surface area contributed by atoms with Gasteiger partial charge in [-0.2, -0.15) is 5.10 Å². The molecule has 1 rings (SSSR count). The fourth-order valence-electron chi connectivity index (χ4n) is 1.11. The van der Waals surface area contributed by atoms with Crippen LogP contribution in [0.4, 0.5) is 5.69 Å². The SMILES string of the molecule is CCOC(=O)/C(=N\Nc1ccc(Br)cc1)C(C)=O. The van der Waals surface area contributed by atoms with Crippen molar-refractivity contribution in [3.05, 3.63) is 28.7 Å². The van der Waals surface area contributed by atoms with Gasteiger partial charge >= 0.3 is 5.97 Å². The van der Waals surface area contributed by atoms with E-state index in [4.69, 9.17) is 4.74 Å². The van der Waals surface area contributed by atoms with E-state index < -0.39 is 11.8 Å². The number of ketones is 1. The Morgan fingerprint density at radius 3 is 2.44 bits per heavy atom. The first-order chi connectivity index (χ1) is 8.54. The molecule has 0 heterocycles. The Balaban J connectivity index is 2.80. The van der Waals surface area contributed by atoms with E-state index >= 15 is 0 Å². The highest BCUT2D eigenvalue weighted by molar-refractivity contribution is 9.10. The van der Waals surface area contributed by atoms with Crippen LogP contribution in [-0.2, 0) is 14.3 Å². The number of carbonyl (C=O) groups is 2. The summed E-state index contributed by atoms with van der Waals surface area (Å²) < 4.78 is 5.66. The van der Waals surface area contributed by atoms with Gasteiger partial charge in [-0.25, -0.2) is 4.79 Å². The van der Waals surface area contributed by atoms with Crippen molar-refractivity contribution in [1.82, 2.24) is 0 Å². The van der Waals surface area contributed by atoms with E-state index in [1.807, 2.05) is 12.1 Å². The average molecular weight is 313 g/mol. The summed E-state index contributed by atoms with van der Waals surface area (Å²) in [5, 5.41) is 3.77. The molecular formula is C12H13BrN2O3. The second-order valence-corrected chi connectivity index (χ2v) is 4.27. The molecule has 96 valence electrons. The van der Waals surface area contributed by atoms with Crippen LogP contribution in [0.25, 0.3) is 0 Å². The molecule has 0 bridgehead atoms. The summed E-state index contributed by atoms with van der Waals surface area (Å²) in [5.41, 5.74) is 3.06. The first-order valence-corrected chi connectivity index (χ1v) is 6.11. The summed E-state index contributed by atoms with van der Waals surface area (Å²) in [7, 11) is 0. The van der Waals surface area contributed by atoms with E-state index in [1.165, 1.54) is 6.92 Å². The second-order valence-electron chi connectivity index (χ2n) is 3.36. The fourth-order valence-corrected chi connectivity index (χ4v) is 1.38. The molecule has 0 radical (unpaired) electrons. The molecule has 0 aromatic heterocycles. The minimum absolute atomic E-state index is 0.198. The summed E-state index contributed by atoms with van der Waals surface area (Å²) in [6, 6.07) is 7.15. The Morgan fingerprint density at radius 2 is 1.94 bits per heavy atom. The molecule has 0 amide bonds. The van der Waals surface area contributed by atoms with Gasteiger partial charge in [0, 0.05) is 11.4 Å². The van der Waals surface area contributed by atoms with Crippen molar-refractivity contribution in [2.24, 2.45) is 5.10 Å². The molecule has 0 aliphatic carbocycles. The third-order valence-electron chi connectivity index (χ3n) is 1.94. The highest BCUT2D eigenvalue weighted by atomic mass is 79.9. The number of hydrazone groups is 1. The number of nitrogens with zero attached hydrogens (tertiary/aromatic N) is 1. The molecule has 18 heavy (non-hydrogen) atoms. The standard InChI is InChI=1S/C12H13BrN2O3/c1-3-18-12(17)11(8(2)16)15-14-10-6-4-9(13)5-7-10/h4-7,14H,3H2,1-2H3/b15-11-. The van der Waals surface area contributed by atoms with Crippen molar-refractivity contribution in [1.29, 1.82) is 0 Å². The van der Waals surface area contributed by atoms with Gasteiger partial charge in [0.25, 0.3) is 0 Å². The molecule has 0 fully saturated rings. The minimum Gasteiger partial charge on any atom is -0.461 e. The number of nitrogens with one attached hydrogen (secondary N) is 1. The Bertz CT molecular complexity index is 469. The van der Waals surface area contributed by atoms with Crippen LogP contribution in [0.15, 0.2) is 33.8 Å². The number of halogens is 1. The van der Waals surface area contributed by atoms with Crippen molar-refractivity contribution in [2.45, 2.75) is 13.8 Å². The molecule has 0 atom stereocenters. The van der Waals surface area contributed by atoms with Crippen LogP contribution in [0.3, 0.4) is 0 Å².